The van der Waals surface area contributed by atoms with Crippen LogP contribution < -0.4 is 10.3 Å². The Morgan fingerprint density at radius 2 is 1.92 bits per heavy atom. The summed E-state index contributed by atoms with van der Waals surface area (Å²) in [6, 6.07) is 5.62. The van der Waals surface area contributed by atoms with Gasteiger partial charge in [0.25, 0.3) is 11.6 Å². The van der Waals surface area contributed by atoms with E-state index < -0.39 is 23.1 Å². The van der Waals surface area contributed by atoms with Gasteiger partial charge < -0.3 is 4.74 Å². The molecule has 2 rings (SSSR count). The Balaban J connectivity index is 2.14. The fraction of sp³-hybridized carbons (Fsp3) is 0.312. The first-order valence-electron chi connectivity index (χ1n) is 7.06. The number of methoxy groups -OCH3 is 1. The number of hydrogen-bond acceptors (Lipinski definition) is 4. The molecule has 0 radical (unpaired) electrons. The summed E-state index contributed by atoms with van der Waals surface area (Å²) in [5.74, 6) is -0.723. The molecule has 1 heterocycles. The molecule has 0 bridgehead atoms. The lowest BCUT2D eigenvalue weighted by molar-refractivity contribution is -0.137. The van der Waals surface area contributed by atoms with Crippen molar-refractivity contribution >= 4 is 5.78 Å². The predicted molar refractivity (Wildman–Crippen MR) is 80.2 cm³/mol. The van der Waals surface area contributed by atoms with Crippen molar-refractivity contribution in [2.75, 3.05) is 7.11 Å². The maximum Gasteiger partial charge on any atom is 0.416 e. The number of aromatic amines is 1. The van der Waals surface area contributed by atoms with Crippen LogP contribution in [-0.2, 0) is 6.18 Å². The number of rotatable bonds is 5. The van der Waals surface area contributed by atoms with E-state index in [9.17, 15) is 22.8 Å². The van der Waals surface area contributed by atoms with Gasteiger partial charge in [0.2, 0.25) is 0 Å². The number of Topliss-reactive ketones (excluding diaryl/α,β-unsaturated/α-hetero) is 1. The van der Waals surface area contributed by atoms with Crippen LogP contribution in [-0.4, -0.2) is 22.9 Å². The molecule has 1 aromatic heterocycles. The molecule has 0 aliphatic rings. The first-order chi connectivity index (χ1) is 11.2. The molecule has 5 nitrogen and oxygen atoms in total. The highest BCUT2D eigenvalue weighted by molar-refractivity contribution is 5.94. The molecule has 0 saturated heterocycles. The molecule has 0 aliphatic heterocycles. The maximum atomic E-state index is 12.6. The molecular weight excluding hydrogens is 325 g/mol. The van der Waals surface area contributed by atoms with Gasteiger partial charge in [0.05, 0.1) is 12.7 Å². The number of ketones is 1. The fourth-order valence-corrected chi connectivity index (χ4v) is 2.18. The summed E-state index contributed by atoms with van der Waals surface area (Å²) >= 11 is 0. The van der Waals surface area contributed by atoms with E-state index in [-0.39, 0.29) is 24.0 Å². The maximum absolute atomic E-state index is 12.6. The van der Waals surface area contributed by atoms with E-state index in [4.69, 9.17) is 4.74 Å². The standard InChI is InChI=1S/C16H15F3N2O3/c1-9(10-3-5-11(6-4-10)16(17,18)19)7-13(22)12-8-14(23)21-15(20-12)24-2/h3-6,8-9H,7H2,1-2H3,(H,20,21,23)/t9-/m0/s1. The molecule has 128 valence electrons. The molecule has 0 unspecified atom stereocenters. The second-order valence-corrected chi connectivity index (χ2v) is 5.29. The smallest absolute Gasteiger partial charge is 0.416 e. The van der Waals surface area contributed by atoms with Crippen LogP contribution in [0.5, 0.6) is 6.01 Å². The highest BCUT2D eigenvalue weighted by atomic mass is 19.4. The number of halogens is 3. The van der Waals surface area contributed by atoms with E-state index in [0.29, 0.717) is 5.56 Å². The number of nitrogens with zero attached hydrogens (tertiary/aromatic N) is 1. The molecule has 24 heavy (non-hydrogen) atoms. The Hall–Kier alpha value is -2.64. The average Bonchev–Trinajstić information content (AvgIpc) is 2.53. The van der Waals surface area contributed by atoms with Gasteiger partial charge in [0.1, 0.15) is 5.69 Å². The molecule has 1 atom stereocenters. The largest absolute Gasteiger partial charge is 0.468 e. The van der Waals surface area contributed by atoms with E-state index >= 15 is 0 Å². The molecule has 0 spiro atoms. The lowest BCUT2D eigenvalue weighted by atomic mass is 9.94. The van der Waals surface area contributed by atoms with Crippen molar-refractivity contribution in [3.05, 3.63) is 57.5 Å². The van der Waals surface area contributed by atoms with Crippen molar-refractivity contribution in [2.45, 2.75) is 25.4 Å². The Morgan fingerprint density at radius 1 is 1.29 bits per heavy atom. The number of carbonyl (C=O) groups excluding carboxylic acids is 1. The first kappa shape index (κ1) is 17.7. The zero-order chi connectivity index (χ0) is 17.9. The number of benzene rings is 1. The van der Waals surface area contributed by atoms with Crippen molar-refractivity contribution in [1.29, 1.82) is 0 Å². The van der Waals surface area contributed by atoms with Gasteiger partial charge in [-0.1, -0.05) is 19.1 Å². The van der Waals surface area contributed by atoms with Gasteiger partial charge >= 0.3 is 6.18 Å². The minimum Gasteiger partial charge on any atom is -0.468 e. The lowest BCUT2D eigenvalue weighted by Gasteiger charge is -2.13. The van der Waals surface area contributed by atoms with Gasteiger partial charge in [-0.3, -0.25) is 14.6 Å². The number of carbonyl (C=O) groups is 1. The second-order valence-electron chi connectivity index (χ2n) is 5.29. The SMILES string of the molecule is COc1nc(C(=O)C[C@H](C)c2ccc(C(F)(F)F)cc2)cc(=O)[nH]1. The van der Waals surface area contributed by atoms with E-state index in [1.165, 1.54) is 19.2 Å². The third-order valence-corrected chi connectivity index (χ3v) is 3.50. The van der Waals surface area contributed by atoms with Crippen LogP contribution in [0.4, 0.5) is 13.2 Å². The van der Waals surface area contributed by atoms with E-state index in [1.54, 1.807) is 6.92 Å². The molecule has 2 aromatic rings. The summed E-state index contributed by atoms with van der Waals surface area (Å²) in [6.45, 7) is 1.71. The lowest BCUT2D eigenvalue weighted by Crippen LogP contribution is -2.15. The second kappa shape index (κ2) is 6.86. The molecular formula is C16H15F3N2O3. The zero-order valence-electron chi connectivity index (χ0n) is 13.0. The van der Waals surface area contributed by atoms with Crippen LogP contribution >= 0.6 is 0 Å². The number of H-pyrrole nitrogens is 1. The third-order valence-electron chi connectivity index (χ3n) is 3.50. The summed E-state index contributed by atoms with van der Waals surface area (Å²) in [7, 11) is 1.30. The minimum atomic E-state index is -4.40. The molecule has 0 amide bonds. The van der Waals surface area contributed by atoms with E-state index in [0.717, 1.165) is 18.2 Å². The van der Waals surface area contributed by atoms with Crippen LogP contribution in [0.2, 0.25) is 0 Å². The van der Waals surface area contributed by atoms with Gasteiger partial charge in [-0.25, -0.2) is 0 Å². The summed E-state index contributed by atoms with van der Waals surface area (Å²) in [5.41, 5.74) is -0.722. The number of hydrogen-bond donors (Lipinski definition) is 1. The van der Waals surface area contributed by atoms with E-state index in [1.807, 2.05) is 0 Å². The Morgan fingerprint density at radius 3 is 2.46 bits per heavy atom. The number of ether oxygens (including phenoxy) is 1. The molecule has 1 N–H and O–H groups in total. The van der Waals surface area contributed by atoms with Gasteiger partial charge in [-0.2, -0.15) is 18.2 Å². The third kappa shape index (κ3) is 4.21. The molecule has 0 aliphatic carbocycles. The van der Waals surface area contributed by atoms with Crippen molar-refractivity contribution in [1.82, 2.24) is 9.97 Å². The van der Waals surface area contributed by atoms with Crippen LogP contribution in [0.1, 0.15) is 40.9 Å². The summed E-state index contributed by atoms with van der Waals surface area (Å²) in [5, 5.41) is 0. The quantitative estimate of drug-likeness (QED) is 0.849. The highest BCUT2D eigenvalue weighted by Crippen LogP contribution is 2.30. The molecule has 1 aromatic carbocycles. The molecule has 0 saturated carbocycles. The summed E-state index contributed by atoms with van der Waals surface area (Å²) < 4.78 is 42.5. The first-order valence-corrected chi connectivity index (χ1v) is 7.06. The summed E-state index contributed by atoms with van der Waals surface area (Å²) in [4.78, 5) is 29.8. The summed E-state index contributed by atoms with van der Waals surface area (Å²) in [6.07, 6.45) is -4.39. The Bertz CT molecular complexity index is 782. The normalized spacial score (nSPS) is 12.7. The van der Waals surface area contributed by atoms with Crippen molar-refractivity contribution in [3.8, 4) is 6.01 Å². The molecule has 8 heteroatoms. The van der Waals surface area contributed by atoms with Crippen LogP contribution in [0.3, 0.4) is 0 Å². The zero-order valence-corrected chi connectivity index (χ0v) is 13.0. The van der Waals surface area contributed by atoms with Crippen molar-refractivity contribution < 1.29 is 22.7 Å². The highest BCUT2D eigenvalue weighted by Gasteiger charge is 2.30. The number of alkyl halides is 3. The number of nitrogens with one attached hydrogen (secondary N) is 1. The van der Waals surface area contributed by atoms with Gasteiger partial charge in [0.15, 0.2) is 5.78 Å². The minimum absolute atomic E-state index is 0.00493. The van der Waals surface area contributed by atoms with Crippen molar-refractivity contribution in [3.63, 3.8) is 0 Å². The van der Waals surface area contributed by atoms with E-state index in [2.05, 4.69) is 9.97 Å². The molecule has 0 fully saturated rings. The Labute approximate surface area is 135 Å². The van der Waals surface area contributed by atoms with Gasteiger partial charge in [-0.15, -0.1) is 0 Å². The number of aromatic nitrogens is 2. The Kier molecular flexibility index (Phi) is 5.06. The topological polar surface area (TPSA) is 72.0 Å². The monoisotopic (exact) mass is 340 g/mol. The van der Waals surface area contributed by atoms with Crippen LogP contribution in [0.25, 0.3) is 0 Å². The van der Waals surface area contributed by atoms with Gasteiger partial charge in [-0.05, 0) is 23.6 Å². The van der Waals surface area contributed by atoms with Crippen LogP contribution in [0.15, 0.2) is 35.1 Å². The van der Waals surface area contributed by atoms with Gasteiger partial charge in [0, 0.05) is 12.5 Å². The van der Waals surface area contributed by atoms with Crippen molar-refractivity contribution in [2.24, 2.45) is 0 Å². The fourth-order valence-electron chi connectivity index (χ4n) is 2.18. The average molecular weight is 340 g/mol. The predicted octanol–water partition coefficient (Wildman–Crippen LogP) is 3.17. The van der Waals surface area contributed by atoms with Crippen LogP contribution in [0, 0.1) is 0 Å².